The van der Waals surface area contributed by atoms with Crippen LogP contribution in [0, 0.1) is 5.92 Å². The Hall–Kier alpha value is -2.08. The molecule has 1 aromatic carbocycles. The number of nitrogens with one attached hydrogen (secondary N) is 1. The number of amides is 2. The minimum Gasteiger partial charge on any atom is -0.452 e. The number of ether oxygens (including phenoxy) is 1. The van der Waals surface area contributed by atoms with Crippen molar-refractivity contribution in [3.63, 3.8) is 0 Å². The Balaban J connectivity index is 1.51. The van der Waals surface area contributed by atoms with Gasteiger partial charge in [-0.05, 0) is 44.0 Å². The zero-order chi connectivity index (χ0) is 18.7. The van der Waals surface area contributed by atoms with Crippen LogP contribution in [0.5, 0.6) is 0 Å². The van der Waals surface area contributed by atoms with Crippen molar-refractivity contribution < 1.29 is 19.1 Å². The third kappa shape index (κ3) is 4.36. The fraction of sp³-hybridized carbons (Fsp3) is 0.526. The van der Waals surface area contributed by atoms with E-state index in [2.05, 4.69) is 5.32 Å². The Kier molecular flexibility index (Phi) is 5.81. The molecule has 0 spiro atoms. The fourth-order valence-electron chi connectivity index (χ4n) is 3.56. The van der Waals surface area contributed by atoms with Crippen molar-refractivity contribution in [3.05, 3.63) is 29.3 Å². The van der Waals surface area contributed by atoms with Gasteiger partial charge in [0.1, 0.15) is 0 Å². The average Bonchev–Trinajstić information content (AvgIpc) is 3.26. The first-order valence-electron chi connectivity index (χ1n) is 9.00. The summed E-state index contributed by atoms with van der Waals surface area (Å²) < 4.78 is 5.30. The Bertz CT molecular complexity index is 685. The number of anilines is 1. The van der Waals surface area contributed by atoms with E-state index in [1.54, 1.807) is 24.3 Å². The van der Waals surface area contributed by atoms with Crippen molar-refractivity contribution in [2.45, 2.75) is 51.2 Å². The molecule has 2 amide bonds. The van der Waals surface area contributed by atoms with Crippen molar-refractivity contribution in [2.75, 3.05) is 11.9 Å². The van der Waals surface area contributed by atoms with E-state index < -0.39 is 23.9 Å². The van der Waals surface area contributed by atoms with Gasteiger partial charge in [-0.2, -0.15) is 0 Å². The minimum atomic E-state index is -0.936. The fourth-order valence-corrected chi connectivity index (χ4v) is 3.69. The Morgan fingerprint density at radius 3 is 2.54 bits per heavy atom. The van der Waals surface area contributed by atoms with Gasteiger partial charge in [0.15, 0.2) is 6.10 Å². The van der Waals surface area contributed by atoms with Crippen LogP contribution in [0.1, 0.15) is 39.0 Å². The molecule has 1 N–H and O–H groups in total. The van der Waals surface area contributed by atoms with Crippen LogP contribution in [-0.2, 0) is 19.1 Å². The van der Waals surface area contributed by atoms with E-state index in [-0.39, 0.29) is 18.4 Å². The van der Waals surface area contributed by atoms with Crippen molar-refractivity contribution in [3.8, 4) is 0 Å². The SMILES string of the molecule is C[C@H](OC(=O)[C@H]1CC(=O)N(C2CCCC2)C1)C(=O)Nc1ccc(Cl)cc1. The Morgan fingerprint density at radius 1 is 1.23 bits per heavy atom. The van der Waals surface area contributed by atoms with E-state index in [9.17, 15) is 14.4 Å². The first-order chi connectivity index (χ1) is 12.4. The van der Waals surface area contributed by atoms with Gasteiger partial charge >= 0.3 is 5.97 Å². The smallest absolute Gasteiger partial charge is 0.312 e. The molecule has 1 aromatic rings. The second-order valence-corrected chi connectivity index (χ2v) is 7.40. The maximum absolute atomic E-state index is 12.4. The molecule has 1 aliphatic carbocycles. The summed E-state index contributed by atoms with van der Waals surface area (Å²) in [5.74, 6) is -1.39. The van der Waals surface area contributed by atoms with Crippen LogP contribution in [0.3, 0.4) is 0 Å². The average molecular weight is 379 g/mol. The van der Waals surface area contributed by atoms with E-state index in [4.69, 9.17) is 16.3 Å². The molecule has 3 rings (SSSR count). The number of likely N-dealkylation sites (tertiary alicyclic amines) is 1. The molecule has 0 aromatic heterocycles. The van der Waals surface area contributed by atoms with Crippen LogP contribution in [0.15, 0.2) is 24.3 Å². The lowest BCUT2D eigenvalue weighted by atomic mass is 10.1. The molecule has 1 saturated heterocycles. The largest absolute Gasteiger partial charge is 0.452 e. The number of hydrogen-bond acceptors (Lipinski definition) is 4. The van der Waals surface area contributed by atoms with E-state index in [1.165, 1.54) is 6.92 Å². The van der Waals surface area contributed by atoms with E-state index in [1.807, 2.05) is 4.90 Å². The topological polar surface area (TPSA) is 75.7 Å². The lowest BCUT2D eigenvalue weighted by Gasteiger charge is -2.24. The molecular formula is C19H23ClN2O4. The van der Waals surface area contributed by atoms with Crippen LogP contribution >= 0.6 is 11.6 Å². The highest BCUT2D eigenvalue weighted by molar-refractivity contribution is 6.30. The standard InChI is InChI=1S/C19H23ClN2O4/c1-12(18(24)21-15-8-6-14(20)7-9-15)26-19(25)13-10-17(23)22(11-13)16-4-2-3-5-16/h6-9,12-13,16H,2-5,10-11H2,1H3,(H,21,24)/t12-,13-/m0/s1. The zero-order valence-corrected chi connectivity index (χ0v) is 15.5. The van der Waals surface area contributed by atoms with Crippen molar-refractivity contribution in [1.29, 1.82) is 0 Å². The minimum absolute atomic E-state index is 0.0112. The summed E-state index contributed by atoms with van der Waals surface area (Å²) in [6, 6.07) is 6.92. The van der Waals surface area contributed by atoms with E-state index in [0.29, 0.717) is 17.3 Å². The molecular weight excluding hydrogens is 356 g/mol. The van der Waals surface area contributed by atoms with Gasteiger partial charge in [0.2, 0.25) is 5.91 Å². The van der Waals surface area contributed by atoms with Gasteiger partial charge in [-0.3, -0.25) is 14.4 Å². The molecule has 2 atom stereocenters. The monoisotopic (exact) mass is 378 g/mol. The molecule has 0 unspecified atom stereocenters. The summed E-state index contributed by atoms with van der Waals surface area (Å²) >= 11 is 5.81. The maximum Gasteiger partial charge on any atom is 0.312 e. The molecule has 7 heteroatoms. The molecule has 0 radical (unpaired) electrons. The molecule has 6 nitrogen and oxygen atoms in total. The van der Waals surface area contributed by atoms with Gasteiger partial charge < -0.3 is 15.0 Å². The predicted molar refractivity (Wildman–Crippen MR) is 97.7 cm³/mol. The summed E-state index contributed by atoms with van der Waals surface area (Å²) in [6.45, 7) is 1.92. The molecule has 140 valence electrons. The molecule has 1 heterocycles. The summed E-state index contributed by atoms with van der Waals surface area (Å²) in [6.07, 6.45) is 3.51. The van der Waals surface area contributed by atoms with E-state index in [0.717, 1.165) is 25.7 Å². The lowest BCUT2D eigenvalue weighted by molar-refractivity contribution is -0.157. The molecule has 1 aliphatic heterocycles. The van der Waals surface area contributed by atoms with Gasteiger partial charge in [0.25, 0.3) is 5.91 Å². The number of hydrogen-bond donors (Lipinski definition) is 1. The summed E-state index contributed by atoms with van der Waals surface area (Å²) in [5.41, 5.74) is 0.575. The highest BCUT2D eigenvalue weighted by Crippen LogP contribution is 2.30. The van der Waals surface area contributed by atoms with Crippen molar-refractivity contribution >= 4 is 35.1 Å². The molecule has 1 saturated carbocycles. The van der Waals surface area contributed by atoms with Gasteiger partial charge in [0, 0.05) is 29.7 Å². The predicted octanol–water partition coefficient (Wildman–Crippen LogP) is 3.00. The summed E-state index contributed by atoms with van der Waals surface area (Å²) in [5, 5.41) is 3.24. The molecule has 2 fully saturated rings. The number of benzene rings is 1. The quantitative estimate of drug-likeness (QED) is 0.799. The highest BCUT2D eigenvalue weighted by atomic mass is 35.5. The molecule has 0 bridgehead atoms. The number of carbonyl (C=O) groups excluding carboxylic acids is 3. The Labute approximate surface area is 157 Å². The third-order valence-electron chi connectivity index (χ3n) is 5.03. The number of nitrogens with zero attached hydrogens (tertiary/aromatic N) is 1. The van der Waals surface area contributed by atoms with Crippen LogP contribution in [-0.4, -0.2) is 41.4 Å². The van der Waals surface area contributed by atoms with Crippen LogP contribution < -0.4 is 5.32 Å². The molecule has 26 heavy (non-hydrogen) atoms. The van der Waals surface area contributed by atoms with Gasteiger partial charge in [-0.25, -0.2) is 0 Å². The Morgan fingerprint density at radius 2 is 1.88 bits per heavy atom. The van der Waals surface area contributed by atoms with Crippen LogP contribution in [0.4, 0.5) is 5.69 Å². The van der Waals surface area contributed by atoms with Gasteiger partial charge in [-0.15, -0.1) is 0 Å². The first kappa shape index (κ1) is 18.7. The van der Waals surface area contributed by atoms with Crippen molar-refractivity contribution in [1.82, 2.24) is 4.90 Å². The lowest BCUT2D eigenvalue weighted by Crippen LogP contribution is -2.36. The second kappa shape index (κ2) is 8.08. The van der Waals surface area contributed by atoms with E-state index >= 15 is 0 Å². The summed E-state index contributed by atoms with van der Waals surface area (Å²) in [4.78, 5) is 38.6. The third-order valence-corrected chi connectivity index (χ3v) is 5.28. The van der Waals surface area contributed by atoms with Crippen molar-refractivity contribution in [2.24, 2.45) is 5.92 Å². The number of carbonyl (C=O) groups is 3. The highest BCUT2D eigenvalue weighted by Gasteiger charge is 2.40. The maximum atomic E-state index is 12.4. The number of esters is 1. The number of halogens is 1. The summed E-state index contributed by atoms with van der Waals surface area (Å²) in [7, 11) is 0. The first-order valence-corrected chi connectivity index (χ1v) is 9.38. The van der Waals surface area contributed by atoms with Gasteiger partial charge in [-0.1, -0.05) is 24.4 Å². The zero-order valence-electron chi connectivity index (χ0n) is 14.7. The van der Waals surface area contributed by atoms with Crippen LogP contribution in [0.25, 0.3) is 0 Å². The molecule has 2 aliphatic rings. The number of rotatable bonds is 5. The van der Waals surface area contributed by atoms with Crippen LogP contribution in [0.2, 0.25) is 5.02 Å². The normalized spacial score (nSPS) is 21.7. The van der Waals surface area contributed by atoms with Gasteiger partial charge in [0.05, 0.1) is 5.92 Å². The second-order valence-electron chi connectivity index (χ2n) is 6.96.